The van der Waals surface area contributed by atoms with Crippen LogP contribution in [0.1, 0.15) is 44.6 Å². The molecule has 0 radical (unpaired) electrons. The van der Waals surface area contributed by atoms with Crippen molar-refractivity contribution in [2.24, 2.45) is 4.99 Å². The normalized spacial score (nSPS) is 19.8. The van der Waals surface area contributed by atoms with Gasteiger partial charge in [-0.2, -0.15) is 0 Å². The highest BCUT2D eigenvalue weighted by Crippen LogP contribution is 2.48. The fourth-order valence-electron chi connectivity index (χ4n) is 3.73. The van der Waals surface area contributed by atoms with Gasteiger partial charge in [0.1, 0.15) is 0 Å². The number of aliphatic hydroxyl groups is 1. The van der Waals surface area contributed by atoms with Gasteiger partial charge in [0, 0.05) is 36.6 Å². The van der Waals surface area contributed by atoms with Crippen molar-refractivity contribution in [1.29, 1.82) is 0 Å². The maximum absolute atomic E-state index is 9.59. The molecule has 1 heterocycles. The maximum Gasteiger partial charge on any atom is 0.191 e. The first kappa shape index (κ1) is 23.7. The van der Waals surface area contributed by atoms with Gasteiger partial charge in [0.05, 0.1) is 12.6 Å². The molecule has 3 N–H and O–H groups in total. The van der Waals surface area contributed by atoms with Gasteiger partial charge >= 0.3 is 0 Å². The summed E-state index contributed by atoms with van der Waals surface area (Å²) >= 11 is 6.17. The minimum absolute atomic E-state index is 0. The molecule has 1 aliphatic carbocycles. The number of hydrogen-bond acceptors (Lipinski definition) is 3. The van der Waals surface area contributed by atoms with Crippen LogP contribution in [0.5, 0.6) is 0 Å². The summed E-state index contributed by atoms with van der Waals surface area (Å²) in [7, 11) is 0. The molecule has 158 valence electrons. The quantitative estimate of drug-likeness (QED) is 0.213. The van der Waals surface area contributed by atoms with E-state index in [9.17, 15) is 5.11 Å². The second kappa shape index (κ2) is 11.6. The number of nitrogens with one attached hydrogen (secondary N) is 2. The van der Waals surface area contributed by atoms with Crippen molar-refractivity contribution in [2.75, 3.05) is 39.3 Å². The number of halogens is 2. The number of aliphatic imine (C=N–C) groups is 1. The van der Waals surface area contributed by atoms with E-state index in [0.717, 1.165) is 69.5 Å². The Kier molecular flexibility index (Phi) is 9.80. The Labute approximate surface area is 191 Å². The summed E-state index contributed by atoms with van der Waals surface area (Å²) in [5.41, 5.74) is 1.48. The van der Waals surface area contributed by atoms with Crippen molar-refractivity contribution in [3.8, 4) is 0 Å². The first-order valence-corrected chi connectivity index (χ1v) is 10.7. The molecule has 2 fully saturated rings. The number of likely N-dealkylation sites (tertiary alicyclic amines) is 1. The van der Waals surface area contributed by atoms with Crippen LogP contribution in [0.15, 0.2) is 29.3 Å². The van der Waals surface area contributed by atoms with Crippen molar-refractivity contribution in [3.63, 3.8) is 0 Å². The third-order valence-electron chi connectivity index (χ3n) is 5.68. The molecule has 0 amide bonds. The van der Waals surface area contributed by atoms with Crippen molar-refractivity contribution in [2.45, 2.75) is 50.5 Å². The highest BCUT2D eigenvalue weighted by molar-refractivity contribution is 14.0. The van der Waals surface area contributed by atoms with Gasteiger partial charge in [0.2, 0.25) is 0 Å². The minimum atomic E-state index is -0.0962. The van der Waals surface area contributed by atoms with E-state index in [2.05, 4.69) is 34.6 Å². The largest absolute Gasteiger partial charge is 0.393 e. The SMILES string of the molecule is CCNC(=NCC1(c2cccc(Cl)c2)CC1)NCCCN1CCC(O)CC1.I. The van der Waals surface area contributed by atoms with E-state index in [0.29, 0.717) is 0 Å². The molecule has 28 heavy (non-hydrogen) atoms. The zero-order valence-electron chi connectivity index (χ0n) is 16.8. The minimum Gasteiger partial charge on any atom is -0.393 e. The van der Waals surface area contributed by atoms with E-state index in [4.69, 9.17) is 16.6 Å². The Morgan fingerprint density at radius 2 is 2.04 bits per heavy atom. The Morgan fingerprint density at radius 1 is 1.29 bits per heavy atom. The Morgan fingerprint density at radius 3 is 2.68 bits per heavy atom. The van der Waals surface area contributed by atoms with Gasteiger partial charge in [0.25, 0.3) is 0 Å². The molecule has 0 unspecified atom stereocenters. The topological polar surface area (TPSA) is 59.9 Å². The number of hydrogen-bond donors (Lipinski definition) is 3. The van der Waals surface area contributed by atoms with Crippen molar-refractivity contribution in [1.82, 2.24) is 15.5 Å². The lowest BCUT2D eigenvalue weighted by molar-refractivity contribution is 0.0823. The molecule has 0 bridgehead atoms. The van der Waals surface area contributed by atoms with Gasteiger partial charge in [-0.15, -0.1) is 24.0 Å². The number of benzene rings is 1. The third-order valence-corrected chi connectivity index (χ3v) is 5.91. The zero-order chi connectivity index (χ0) is 19.1. The smallest absolute Gasteiger partial charge is 0.191 e. The van der Waals surface area contributed by atoms with Crippen LogP contribution in [0.3, 0.4) is 0 Å². The first-order chi connectivity index (χ1) is 13.1. The molecule has 7 heteroatoms. The van der Waals surface area contributed by atoms with Crippen molar-refractivity contribution in [3.05, 3.63) is 34.9 Å². The number of guanidine groups is 1. The van der Waals surface area contributed by atoms with Crippen LogP contribution in [0.2, 0.25) is 5.02 Å². The summed E-state index contributed by atoms with van der Waals surface area (Å²) < 4.78 is 0. The first-order valence-electron chi connectivity index (χ1n) is 10.3. The van der Waals surface area contributed by atoms with Crippen LogP contribution >= 0.6 is 35.6 Å². The Bertz CT molecular complexity index is 631. The molecule has 1 saturated heterocycles. The number of rotatable bonds is 8. The van der Waals surface area contributed by atoms with E-state index in [1.165, 1.54) is 18.4 Å². The van der Waals surface area contributed by atoms with Gasteiger partial charge in [-0.3, -0.25) is 4.99 Å². The second-order valence-corrected chi connectivity index (χ2v) is 8.28. The van der Waals surface area contributed by atoms with Gasteiger partial charge in [-0.1, -0.05) is 23.7 Å². The van der Waals surface area contributed by atoms with Crippen LogP contribution in [-0.4, -0.2) is 61.3 Å². The Hall–Kier alpha value is -0.570. The maximum atomic E-state index is 9.59. The molecule has 5 nitrogen and oxygen atoms in total. The molecular formula is C21H34ClIN4O. The summed E-state index contributed by atoms with van der Waals surface area (Å²) in [5, 5.41) is 17.2. The molecule has 1 aromatic carbocycles. The number of piperidine rings is 1. The lowest BCUT2D eigenvalue weighted by Gasteiger charge is -2.29. The molecular weight excluding hydrogens is 487 g/mol. The Balaban J connectivity index is 0.00000280. The molecule has 0 aromatic heterocycles. The van der Waals surface area contributed by atoms with Crippen LogP contribution in [0, 0.1) is 0 Å². The predicted octanol–water partition coefficient (Wildman–Crippen LogP) is 3.39. The predicted molar refractivity (Wildman–Crippen MR) is 128 cm³/mol. The molecule has 3 rings (SSSR count). The fraction of sp³-hybridized carbons (Fsp3) is 0.667. The highest BCUT2D eigenvalue weighted by atomic mass is 127. The van der Waals surface area contributed by atoms with Gasteiger partial charge in [0.15, 0.2) is 5.96 Å². The van der Waals surface area contributed by atoms with E-state index >= 15 is 0 Å². The molecule has 0 atom stereocenters. The average molecular weight is 521 g/mol. The summed E-state index contributed by atoms with van der Waals surface area (Å²) in [4.78, 5) is 7.29. The van der Waals surface area contributed by atoms with E-state index in [1.807, 2.05) is 12.1 Å². The van der Waals surface area contributed by atoms with Crippen LogP contribution in [0.4, 0.5) is 0 Å². The van der Waals surface area contributed by atoms with E-state index in [1.54, 1.807) is 0 Å². The summed E-state index contributed by atoms with van der Waals surface area (Å²) in [6.07, 6.45) is 5.15. The molecule has 1 aromatic rings. The van der Waals surface area contributed by atoms with E-state index in [-0.39, 0.29) is 35.5 Å². The number of nitrogens with zero attached hydrogens (tertiary/aromatic N) is 2. The second-order valence-electron chi connectivity index (χ2n) is 7.84. The third kappa shape index (κ3) is 7.04. The monoisotopic (exact) mass is 520 g/mol. The van der Waals surface area contributed by atoms with Crippen LogP contribution < -0.4 is 10.6 Å². The van der Waals surface area contributed by atoms with Gasteiger partial charge < -0.3 is 20.6 Å². The molecule has 1 aliphatic heterocycles. The van der Waals surface area contributed by atoms with Gasteiger partial charge in [-0.05, 0) is 63.3 Å². The zero-order valence-corrected chi connectivity index (χ0v) is 19.9. The van der Waals surface area contributed by atoms with Crippen molar-refractivity contribution >= 4 is 41.5 Å². The summed E-state index contributed by atoms with van der Waals surface area (Å²) in [6.45, 7) is 7.77. The molecule has 0 spiro atoms. The molecule has 2 aliphatic rings. The lowest BCUT2D eigenvalue weighted by atomic mass is 9.96. The summed E-state index contributed by atoms with van der Waals surface area (Å²) in [5.74, 6) is 0.903. The van der Waals surface area contributed by atoms with Crippen LogP contribution in [-0.2, 0) is 5.41 Å². The molecule has 1 saturated carbocycles. The average Bonchev–Trinajstić information content (AvgIpc) is 3.46. The van der Waals surface area contributed by atoms with E-state index < -0.39 is 0 Å². The van der Waals surface area contributed by atoms with Crippen molar-refractivity contribution < 1.29 is 5.11 Å². The standard InChI is InChI=1S/C21H33ClN4O.HI/c1-2-23-20(24-11-4-12-26-13-7-19(27)8-14-26)25-16-21(9-10-21)17-5-3-6-18(22)15-17;/h3,5-6,15,19,27H,2,4,7-14,16H2,1H3,(H2,23,24,25);1H. The number of aliphatic hydroxyl groups excluding tert-OH is 1. The lowest BCUT2D eigenvalue weighted by Crippen LogP contribution is -2.40. The van der Waals surface area contributed by atoms with Gasteiger partial charge in [-0.25, -0.2) is 0 Å². The van der Waals surface area contributed by atoms with Crippen LogP contribution in [0.25, 0.3) is 0 Å². The summed E-state index contributed by atoms with van der Waals surface area (Å²) in [6, 6.07) is 8.22. The highest BCUT2D eigenvalue weighted by Gasteiger charge is 2.44. The fourth-order valence-corrected chi connectivity index (χ4v) is 3.92.